The van der Waals surface area contributed by atoms with Crippen LogP contribution in [0.1, 0.15) is 32.9 Å². The first kappa shape index (κ1) is 19.2. The van der Waals surface area contributed by atoms with Crippen molar-refractivity contribution in [2.24, 2.45) is 5.92 Å². The molecular weight excluding hydrogens is 366 g/mol. The van der Waals surface area contributed by atoms with Crippen LogP contribution in [0, 0.1) is 5.92 Å². The Morgan fingerprint density at radius 1 is 1.18 bits per heavy atom. The third-order valence-electron chi connectivity index (χ3n) is 4.36. The predicted octanol–water partition coefficient (Wildman–Crippen LogP) is 0.876. The highest BCUT2D eigenvalue weighted by Gasteiger charge is 2.34. The van der Waals surface area contributed by atoms with Crippen LogP contribution in [0.2, 0.25) is 0 Å². The molecule has 1 atom stereocenters. The van der Waals surface area contributed by atoms with Gasteiger partial charge in [-0.3, -0.25) is 25.2 Å². The molecule has 146 valence electrons. The topological polar surface area (TPSA) is 118 Å². The lowest BCUT2D eigenvalue weighted by molar-refractivity contribution is -0.129. The summed E-state index contributed by atoms with van der Waals surface area (Å²) < 4.78 is 9.83. The van der Waals surface area contributed by atoms with Crippen molar-refractivity contribution in [3.8, 4) is 0 Å². The summed E-state index contributed by atoms with van der Waals surface area (Å²) in [7, 11) is 1.24. The van der Waals surface area contributed by atoms with Crippen LogP contribution in [0.3, 0.4) is 0 Å². The van der Waals surface area contributed by atoms with Crippen LogP contribution in [0.25, 0.3) is 0 Å². The SMILES string of the molecule is COC(=O)c1cccc(C(=O)NNC(=O)C2CC(=O)N(Cc3ccco3)C2)c1. The Morgan fingerprint density at radius 2 is 1.96 bits per heavy atom. The van der Waals surface area contributed by atoms with Crippen LogP contribution in [0.5, 0.6) is 0 Å². The maximum Gasteiger partial charge on any atom is 0.337 e. The molecule has 1 aliphatic rings. The molecule has 1 saturated heterocycles. The third kappa shape index (κ3) is 4.37. The van der Waals surface area contributed by atoms with Crippen molar-refractivity contribution in [2.75, 3.05) is 13.7 Å². The minimum Gasteiger partial charge on any atom is -0.467 e. The van der Waals surface area contributed by atoms with Crippen LogP contribution in [-0.4, -0.2) is 42.2 Å². The molecule has 9 heteroatoms. The molecule has 2 aromatic rings. The smallest absolute Gasteiger partial charge is 0.337 e. The van der Waals surface area contributed by atoms with Crippen LogP contribution in [0.15, 0.2) is 47.1 Å². The number of esters is 1. The van der Waals surface area contributed by atoms with E-state index in [1.165, 1.54) is 42.5 Å². The standard InChI is InChI=1S/C19H19N3O6/c1-27-19(26)13-5-2-4-12(8-13)17(24)20-21-18(25)14-9-16(23)22(10-14)11-15-6-3-7-28-15/h2-8,14H,9-11H2,1H3,(H,20,24)(H,21,25). The summed E-state index contributed by atoms with van der Waals surface area (Å²) in [5.74, 6) is -1.73. The van der Waals surface area contributed by atoms with Crippen molar-refractivity contribution in [3.05, 3.63) is 59.5 Å². The molecule has 0 spiro atoms. The first-order valence-electron chi connectivity index (χ1n) is 8.56. The van der Waals surface area contributed by atoms with Gasteiger partial charge in [0, 0.05) is 18.5 Å². The molecule has 0 saturated carbocycles. The lowest BCUT2D eigenvalue weighted by atomic mass is 10.1. The number of nitrogens with one attached hydrogen (secondary N) is 2. The zero-order valence-electron chi connectivity index (χ0n) is 15.1. The van der Waals surface area contributed by atoms with E-state index < -0.39 is 23.7 Å². The first-order chi connectivity index (χ1) is 13.5. The fraction of sp³-hybridized carbons (Fsp3) is 0.263. The summed E-state index contributed by atoms with van der Waals surface area (Å²) in [5, 5.41) is 0. The van der Waals surface area contributed by atoms with Gasteiger partial charge in [0.2, 0.25) is 11.8 Å². The highest BCUT2D eigenvalue weighted by molar-refractivity contribution is 5.99. The van der Waals surface area contributed by atoms with E-state index >= 15 is 0 Å². The quantitative estimate of drug-likeness (QED) is 0.583. The van der Waals surface area contributed by atoms with E-state index in [1.54, 1.807) is 12.1 Å². The number of carbonyl (C=O) groups is 4. The summed E-state index contributed by atoms with van der Waals surface area (Å²) in [6.07, 6.45) is 1.57. The second-order valence-electron chi connectivity index (χ2n) is 6.27. The molecule has 0 bridgehead atoms. The minimum absolute atomic E-state index is 0.0558. The average Bonchev–Trinajstić information content (AvgIpc) is 3.35. The molecule has 28 heavy (non-hydrogen) atoms. The summed E-state index contributed by atoms with van der Waals surface area (Å²) in [5.41, 5.74) is 5.03. The molecule has 2 heterocycles. The lowest BCUT2D eigenvalue weighted by Gasteiger charge is -2.15. The van der Waals surface area contributed by atoms with Gasteiger partial charge in [0.05, 0.1) is 31.4 Å². The molecule has 1 aromatic carbocycles. The van der Waals surface area contributed by atoms with Crippen LogP contribution >= 0.6 is 0 Å². The molecule has 9 nitrogen and oxygen atoms in total. The van der Waals surface area contributed by atoms with E-state index in [-0.39, 0.29) is 30.0 Å². The Morgan fingerprint density at radius 3 is 2.68 bits per heavy atom. The molecule has 1 aliphatic heterocycles. The number of rotatable bonds is 5. The number of nitrogens with zero attached hydrogens (tertiary/aromatic N) is 1. The Labute approximate surface area is 160 Å². The summed E-state index contributed by atoms with van der Waals surface area (Å²) >= 11 is 0. The lowest BCUT2D eigenvalue weighted by Crippen LogP contribution is -2.45. The summed E-state index contributed by atoms with van der Waals surface area (Å²) in [4.78, 5) is 49.6. The normalized spacial score (nSPS) is 16.0. The second kappa shape index (κ2) is 8.38. The molecular formula is C19H19N3O6. The Bertz CT molecular complexity index is 893. The molecule has 0 aliphatic carbocycles. The molecule has 3 rings (SSSR count). The summed E-state index contributed by atoms with van der Waals surface area (Å²) in [6.45, 7) is 0.529. The average molecular weight is 385 g/mol. The van der Waals surface area contributed by atoms with Crippen molar-refractivity contribution in [3.63, 3.8) is 0 Å². The van der Waals surface area contributed by atoms with Crippen molar-refractivity contribution >= 4 is 23.7 Å². The van der Waals surface area contributed by atoms with E-state index in [1.807, 2.05) is 0 Å². The first-order valence-corrected chi connectivity index (χ1v) is 8.56. The Hall–Kier alpha value is -3.62. The monoisotopic (exact) mass is 385 g/mol. The second-order valence-corrected chi connectivity index (χ2v) is 6.27. The van der Waals surface area contributed by atoms with Gasteiger partial charge in [-0.25, -0.2) is 4.79 Å². The minimum atomic E-state index is -0.587. The number of hydrogen-bond acceptors (Lipinski definition) is 6. The number of amides is 3. The molecule has 2 N–H and O–H groups in total. The maximum absolute atomic E-state index is 12.3. The fourth-order valence-electron chi connectivity index (χ4n) is 2.89. The van der Waals surface area contributed by atoms with Gasteiger partial charge in [0.15, 0.2) is 0 Å². The van der Waals surface area contributed by atoms with Gasteiger partial charge < -0.3 is 14.1 Å². The largest absolute Gasteiger partial charge is 0.467 e. The molecule has 3 amide bonds. The number of benzene rings is 1. The number of hydrogen-bond donors (Lipinski definition) is 2. The van der Waals surface area contributed by atoms with E-state index in [9.17, 15) is 19.2 Å². The van der Waals surface area contributed by atoms with Gasteiger partial charge in [-0.05, 0) is 30.3 Å². The zero-order valence-corrected chi connectivity index (χ0v) is 15.1. The van der Waals surface area contributed by atoms with Gasteiger partial charge in [0.25, 0.3) is 5.91 Å². The van der Waals surface area contributed by atoms with Gasteiger partial charge in [-0.2, -0.15) is 0 Å². The van der Waals surface area contributed by atoms with Gasteiger partial charge in [-0.1, -0.05) is 6.07 Å². The summed E-state index contributed by atoms with van der Waals surface area (Å²) in [6, 6.07) is 9.38. The van der Waals surface area contributed by atoms with Gasteiger partial charge >= 0.3 is 5.97 Å². The zero-order chi connectivity index (χ0) is 20.1. The molecule has 1 unspecified atom stereocenters. The van der Waals surface area contributed by atoms with Gasteiger partial charge in [-0.15, -0.1) is 0 Å². The van der Waals surface area contributed by atoms with Crippen LogP contribution in [-0.2, 0) is 20.9 Å². The van der Waals surface area contributed by atoms with E-state index in [0.717, 1.165) is 0 Å². The van der Waals surface area contributed by atoms with Crippen molar-refractivity contribution < 1.29 is 28.3 Å². The van der Waals surface area contributed by atoms with E-state index in [4.69, 9.17) is 4.42 Å². The maximum atomic E-state index is 12.3. The number of ether oxygens (including phenoxy) is 1. The van der Waals surface area contributed by atoms with Crippen LogP contribution in [0.4, 0.5) is 0 Å². The third-order valence-corrected chi connectivity index (χ3v) is 4.36. The van der Waals surface area contributed by atoms with E-state index in [2.05, 4.69) is 15.6 Å². The molecule has 0 radical (unpaired) electrons. The Balaban J connectivity index is 1.53. The van der Waals surface area contributed by atoms with Crippen molar-refractivity contribution in [1.29, 1.82) is 0 Å². The fourth-order valence-corrected chi connectivity index (χ4v) is 2.89. The highest BCUT2D eigenvalue weighted by atomic mass is 16.5. The van der Waals surface area contributed by atoms with Gasteiger partial charge in [0.1, 0.15) is 5.76 Å². The van der Waals surface area contributed by atoms with Crippen LogP contribution < -0.4 is 10.9 Å². The predicted molar refractivity (Wildman–Crippen MR) is 95.6 cm³/mol. The molecule has 1 aromatic heterocycles. The van der Waals surface area contributed by atoms with Crippen molar-refractivity contribution in [2.45, 2.75) is 13.0 Å². The number of furan rings is 1. The molecule has 1 fully saturated rings. The number of carbonyl (C=O) groups excluding carboxylic acids is 4. The van der Waals surface area contributed by atoms with E-state index in [0.29, 0.717) is 12.3 Å². The number of methoxy groups -OCH3 is 1. The highest BCUT2D eigenvalue weighted by Crippen LogP contribution is 2.20. The number of likely N-dealkylation sites (tertiary alicyclic amines) is 1. The Kier molecular flexibility index (Phi) is 5.73. The number of hydrazine groups is 1. The van der Waals surface area contributed by atoms with Crippen molar-refractivity contribution in [1.82, 2.24) is 15.8 Å².